The minimum Gasteiger partial charge on any atom is -0.393 e. The Kier molecular flexibility index (Phi) is 3.83. The Morgan fingerprint density at radius 2 is 1.65 bits per heavy atom. The Morgan fingerprint density at radius 3 is 2.35 bits per heavy atom. The highest BCUT2D eigenvalue weighted by Crippen LogP contribution is 2.36. The molecule has 120 valence electrons. The summed E-state index contributed by atoms with van der Waals surface area (Å²) in [7, 11) is 0. The van der Waals surface area contributed by atoms with Crippen LogP contribution in [-0.4, -0.2) is 52.3 Å². The van der Waals surface area contributed by atoms with Crippen LogP contribution < -0.4 is 9.80 Å². The topological polar surface area (TPSA) is 65.4 Å². The van der Waals surface area contributed by atoms with Crippen molar-refractivity contribution in [2.75, 3.05) is 36.0 Å². The van der Waals surface area contributed by atoms with Crippen LogP contribution in [0.2, 0.25) is 0 Å². The van der Waals surface area contributed by atoms with Crippen molar-refractivity contribution in [2.45, 2.75) is 24.9 Å². The number of hydrogen-bond donors (Lipinski definition) is 1. The molecule has 1 saturated carbocycles. The predicted molar refractivity (Wildman–Crippen MR) is 88.7 cm³/mol. The fourth-order valence-corrected chi connectivity index (χ4v) is 3.34. The van der Waals surface area contributed by atoms with Gasteiger partial charge in [0.15, 0.2) is 0 Å². The van der Waals surface area contributed by atoms with Gasteiger partial charge in [-0.2, -0.15) is 0 Å². The predicted octanol–water partition coefficient (Wildman–Crippen LogP) is 1.44. The van der Waals surface area contributed by atoms with Crippen LogP contribution in [0, 0.1) is 0 Å². The van der Waals surface area contributed by atoms with E-state index in [-0.39, 0.29) is 6.10 Å². The molecule has 1 aliphatic carbocycles. The van der Waals surface area contributed by atoms with Crippen LogP contribution in [0.15, 0.2) is 36.9 Å². The Bertz CT molecular complexity index is 651. The van der Waals surface area contributed by atoms with E-state index in [0.29, 0.717) is 5.92 Å². The third-order valence-electron chi connectivity index (χ3n) is 4.84. The van der Waals surface area contributed by atoms with Crippen molar-refractivity contribution in [3.05, 3.63) is 42.6 Å². The third-order valence-corrected chi connectivity index (χ3v) is 4.84. The number of rotatable bonds is 3. The smallest absolute Gasteiger partial charge is 0.132 e. The van der Waals surface area contributed by atoms with Crippen LogP contribution in [0.5, 0.6) is 0 Å². The molecule has 0 unspecified atom stereocenters. The van der Waals surface area contributed by atoms with Gasteiger partial charge < -0.3 is 14.9 Å². The van der Waals surface area contributed by atoms with E-state index in [1.807, 2.05) is 12.4 Å². The summed E-state index contributed by atoms with van der Waals surface area (Å²) >= 11 is 0. The number of hydrogen-bond acceptors (Lipinski definition) is 6. The molecule has 0 radical (unpaired) electrons. The van der Waals surface area contributed by atoms with E-state index < -0.39 is 0 Å². The average molecular weight is 311 g/mol. The number of aliphatic hydroxyl groups is 1. The summed E-state index contributed by atoms with van der Waals surface area (Å²) in [4.78, 5) is 17.6. The second-order valence-corrected chi connectivity index (χ2v) is 6.30. The summed E-state index contributed by atoms with van der Waals surface area (Å²) < 4.78 is 0. The maximum atomic E-state index is 9.47. The zero-order valence-electron chi connectivity index (χ0n) is 13.0. The first-order valence-corrected chi connectivity index (χ1v) is 8.19. The van der Waals surface area contributed by atoms with E-state index in [2.05, 4.69) is 43.0 Å². The van der Waals surface area contributed by atoms with Gasteiger partial charge in [-0.3, -0.25) is 4.98 Å². The van der Waals surface area contributed by atoms with Crippen molar-refractivity contribution in [2.24, 2.45) is 0 Å². The van der Waals surface area contributed by atoms with Gasteiger partial charge in [-0.15, -0.1) is 0 Å². The maximum Gasteiger partial charge on any atom is 0.132 e. The molecule has 0 aromatic carbocycles. The molecule has 2 fully saturated rings. The molecule has 6 nitrogen and oxygen atoms in total. The average Bonchev–Trinajstić information content (AvgIpc) is 2.60. The number of nitrogens with zero attached hydrogens (tertiary/aromatic N) is 5. The lowest BCUT2D eigenvalue weighted by molar-refractivity contribution is 0.0732. The molecular weight excluding hydrogens is 290 g/mol. The fraction of sp³-hybridized carbons (Fsp3) is 0.471. The number of aliphatic hydroxyl groups excluding tert-OH is 1. The highest BCUT2D eigenvalue weighted by Gasteiger charge is 2.30. The molecule has 2 aromatic heterocycles. The van der Waals surface area contributed by atoms with Gasteiger partial charge >= 0.3 is 0 Å². The SMILES string of the molecule is OC1CC(c2cc(N3CCN(c4ccncc4)CC3)ncn2)C1. The summed E-state index contributed by atoms with van der Waals surface area (Å²) in [6.07, 6.45) is 6.84. The lowest BCUT2D eigenvalue weighted by atomic mass is 9.80. The molecule has 0 amide bonds. The monoisotopic (exact) mass is 311 g/mol. The van der Waals surface area contributed by atoms with Gasteiger partial charge in [0.05, 0.1) is 6.10 Å². The highest BCUT2D eigenvalue weighted by molar-refractivity contribution is 5.48. The van der Waals surface area contributed by atoms with Gasteiger partial charge in [-0.05, 0) is 25.0 Å². The zero-order valence-corrected chi connectivity index (χ0v) is 13.0. The van der Waals surface area contributed by atoms with E-state index in [0.717, 1.165) is 50.5 Å². The molecule has 1 N–H and O–H groups in total. The quantitative estimate of drug-likeness (QED) is 0.925. The summed E-state index contributed by atoms with van der Waals surface area (Å²) in [5, 5.41) is 9.47. The van der Waals surface area contributed by atoms with Gasteiger partial charge in [0.25, 0.3) is 0 Å². The maximum absolute atomic E-state index is 9.47. The minimum absolute atomic E-state index is 0.151. The Hall–Kier alpha value is -2.21. The Labute approximate surface area is 135 Å². The summed E-state index contributed by atoms with van der Waals surface area (Å²) in [5.41, 5.74) is 2.29. The van der Waals surface area contributed by atoms with Crippen molar-refractivity contribution < 1.29 is 5.11 Å². The van der Waals surface area contributed by atoms with Crippen LogP contribution in [0.3, 0.4) is 0 Å². The van der Waals surface area contributed by atoms with E-state index >= 15 is 0 Å². The molecule has 2 aromatic rings. The van der Waals surface area contributed by atoms with Crippen LogP contribution >= 0.6 is 0 Å². The Morgan fingerprint density at radius 1 is 0.957 bits per heavy atom. The molecule has 0 spiro atoms. The second kappa shape index (κ2) is 6.12. The van der Waals surface area contributed by atoms with Crippen molar-refractivity contribution in [3.63, 3.8) is 0 Å². The third kappa shape index (κ3) is 2.99. The number of anilines is 2. The standard InChI is InChI=1S/C17H21N5O/c23-15-9-13(10-15)16-11-17(20-12-19-16)22-7-5-21(6-8-22)14-1-3-18-4-2-14/h1-4,11-13,15,23H,5-10H2. The minimum atomic E-state index is -0.151. The van der Waals surface area contributed by atoms with Crippen molar-refractivity contribution in [1.29, 1.82) is 0 Å². The molecular formula is C17H21N5O. The molecule has 1 aliphatic heterocycles. The first kappa shape index (κ1) is 14.4. The van der Waals surface area contributed by atoms with Gasteiger partial charge in [0.2, 0.25) is 0 Å². The first-order chi connectivity index (χ1) is 11.3. The molecule has 3 heterocycles. The van der Waals surface area contributed by atoms with Crippen molar-refractivity contribution in [1.82, 2.24) is 15.0 Å². The number of pyridine rings is 1. The molecule has 4 rings (SSSR count). The molecule has 1 saturated heterocycles. The van der Waals surface area contributed by atoms with E-state index in [1.165, 1.54) is 5.69 Å². The normalized spacial score (nSPS) is 24.4. The van der Waals surface area contributed by atoms with Crippen LogP contribution in [-0.2, 0) is 0 Å². The van der Waals surface area contributed by atoms with E-state index in [9.17, 15) is 5.11 Å². The summed E-state index contributed by atoms with van der Waals surface area (Å²) in [5.74, 6) is 1.40. The molecule has 23 heavy (non-hydrogen) atoms. The van der Waals surface area contributed by atoms with Crippen LogP contribution in [0.1, 0.15) is 24.5 Å². The van der Waals surface area contributed by atoms with Gasteiger partial charge in [0.1, 0.15) is 12.1 Å². The Balaban J connectivity index is 1.41. The first-order valence-electron chi connectivity index (χ1n) is 8.19. The van der Waals surface area contributed by atoms with Crippen molar-refractivity contribution in [3.8, 4) is 0 Å². The lowest BCUT2D eigenvalue weighted by Crippen LogP contribution is -2.47. The van der Waals surface area contributed by atoms with Crippen LogP contribution in [0.25, 0.3) is 0 Å². The van der Waals surface area contributed by atoms with E-state index in [4.69, 9.17) is 0 Å². The highest BCUT2D eigenvalue weighted by atomic mass is 16.3. The van der Waals surface area contributed by atoms with Crippen molar-refractivity contribution >= 4 is 11.5 Å². The fourth-order valence-electron chi connectivity index (χ4n) is 3.34. The molecule has 6 heteroatoms. The molecule has 0 bridgehead atoms. The summed E-state index contributed by atoms with van der Waals surface area (Å²) in [6, 6.07) is 6.21. The number of aromatic nitrogens is 3. The molecule has 2 aliphatic rings. The lowest BCUT2D eigenvalue weighted by Gasteiger charge is -2.37. The second-order valence-electron chi connectivity index (χ2n) is 6.30. The van der Waals surface area contributed by atoms with Gasteiger partial charge in [-0.1, -0.05) is 0 Å². The van der Waals surface area contributed by atoms with Gasteiger partial charge in [-0.25, -0.2) is 9.97 Å². The van der Waals surface area contributed by atoms with Gasteiger partial charge in [0, 0.05) is 61.9 Å². The number of piperazine rings is 1. The molecule has 0 atom stereocenters. The zero-order chi connectivity index (χ0) is 15.6. The van der Waals surface area contributed by atoms with Crippen LogP contribution in [0.4, 0.5) is 11.5 Å². The van der Waals surface area contributed by atoms with E-state index in [1.54, 1.807) is 6.33 Å². The summed E-state index contributed by atoms with van der Waals surface area (Å²) in [6.45, 7) is 3.86. The largest absolute Gasteiger partial charge is 0.393 e.